The molecule has 9 heteroatoms. The van der Waals surface area contributed by atoms with Gasteiger partial charge in [-0.25, -0.2) is 13.8 Å². The van der Waals surface area contributed by atoms with Crippen LogP contribution < -0.4 is 15.5 Å². The topological polar surface area (TPSA) is 60.5 Å². The van der Waals surface area contributed by atoms with Gasteiger partial charge in [-0.15, -0.1) is 0 Å². The number of allylic oxidation sites excluding steroid dienone is 1. The Morgan fingerprint density at radius 3 is 2.70 bits per heavy atom. The van der Waals surface area contributed by atoms with Crippen LogP contribution in [-0.4, -0.2) is 61.0 Å². The predicted molar refractivity (Wildman–Crippen MR) is 139 cm³/mol. The van der Waals surface area contributed by atoms with E-state index in [1.54, 1.807) is 0 Å². The summed E-state index contributed by atoms with van der Waals surface area (Å²) in [5, 5.41) is 5.61. The number of hydrogen-bond donors (Lipinski definition) is 2. The molecular formula is C28H32F3N5O. The van der Waals surface area contributed by atoms with Gasteiger partial charge in [0.2, 0.25) is 5.95 Å². The van der Waals surface area contributed by atoms with Gasteiger partial charge < -0.3 is 15.5 Å². The molecule has 1 saturated heterocycles. The van der Waals surface area contributed by atoms with E-state index in [1.165, 1.54) is 34.5 Å². The zero-order chi connectivity index (χ0) is 26.1. The molecule has 1 aromatic heterocycles. The van der Waals surface area contributed by atoms with E-state index in [0.29, 0.717) is 30.7 Å². The minimum absolute atomic E-state index is 0.205. The van der Waals surface area contributed by atoms with Crippen LogP contribution in [0.1, 0.15) is 46.4 Å². The van der Waals surface area contributed by atoms with Crippen molar-refractivity contribution in [1.29, 1.82) is 0 Å². The molecule has 2 aliphatic heterocycles. The molecule has 2 atom stereocenters. The lowest BCUT2D eigenvalue weighted by Gasteiger charge is -2.39. The van der Waals surface area contributed by atoms with Crippen molar-refractivity contribution in [2.45, 2.75) is 38.7 Å². The van der Waals surface area contributed by atoms with E-state index in [0.717, 1.165) is 38.0 Å². The molecule has 2 N–H and O–H groups in total. The molecule has 0 spiro atoms. The third kappa shape index (κ3) is 5.37. The highest BCUT2D eigenvalue weighted by molar-refractivity contribution is 5.92. The van der Waals surface area contributed by atoms with Crippen molar-refractivity contribution in [3.8, 4) is 0 Å². The van der Waals surface area contributed by atoms with Gasteiger partial charge >= 0.3 is 0 Å². The van der Waals surface area contributed by atoms with Crippen molar-refractivity contribution in [1.82, 2.24) is 20.5 Å². The second-order valence-corrected chi connectivity index (χ2v) is 10.0. The van der Waals surface area contributed by atoms with Gasteiger partial charge in [0.15, 0.2) is 0 Å². The maximum absolute atomic E-state index is 14.7. The van der Waals surface area contributed by atoms with E-state index in [2.05, 4.69) is 53.0 Å². The summed E-state index contributed by atoms with van der Waals surface area (Å²) in [6.07, 6.45) is 2.91. The Morgan fingerprint density at radius 1 is 1.19 bits per heavy atom. The molecule has 6 nitrogen and oxygen atoms in total. The van der Waals surface area contributed by atoms with Crippen LogP contribution in [-0.2, 0) is 0 Å². The molecule has 1 aliphatic carbocycles. The summed E-state index contributed by atoms with van der Waals surface area (Å²) in [7, 11) is 0. The number of piperazine rings is 1. The molecule has 2 fully saturated rings. The van der Waals surface area contributed by atoms with Crippen molar-refractivity contribution in [3.05, 3.63) is 70.9 Å². The number of fused-ring (bicyclic) bond motifs is 1. The molecule has 0 radical (unpaired) electrons. The fourth-order valence-electron chi connectivity index (χ4n) is 5.83. The van der Waals surface area contributed by atoms with Gasteiger partial charge in [0.25, 0.3) is 12.3 Å². The molecule has 0 unspecified atom stereocenters. The van der Waals surface area contributed by atoms with Gasteiger partial charge in [-0.3, -0.25) is 9.69 Å². The first-order valence-electron chi connectivity index (χ1n) is 12.8. The van der Waals surface area contributed by atoms with Crippen LogP contribution in [0.15, 0.2) is 42.6 Å². The second kappa shape index (κ2) is 10.6. The summed E-state index contributed by atoms with van der Waals surface area (Å²) in [4.78, 5) is 20.0. The molecule has 0 bridgehead atoms. The summed E-state index contributed by atoms with van der Waals surface area (Å²) >= 11 is 0. The monoisotopic (exact) mass is 511 g/mol. The summed E-state index contributed by atoms with van der Waals surface area (Å²) in [6.45, 7) is 8.52. The number of pyridine rings is 1. The molecule has 3 heterocycles. The Balaban J connectivity index is 1.17. The molecule has 37 heavy (non-hydrogen) atoms. The molecule has 2 aromatic rings. The Morgan fingerprint density at radius 2 is 1.97 bits per heavy atom. The van der Waals surface area contributed by atoms with E-state index < -0.39 is 24.8 Å². The Labute approximate surface area is 215 Å². The number of alkyl halides is 2. The molecule has 5 rings (SSSR count). The summed E-state index contributed by atoms with van der Waals surface area (Å²) in [5.41, 5.74) is 5.99. The Bertz CT molecular complexity index is 1220. The van der Waals surface area contributed by atoms with Crippen molar-refractivity contribution in [2.24, 2.45) is 5.92 Å². The first-order chi connectivity index (χ1) is 17.8. The van der Waals surface area contributed by atoms with E-state index in [1.807, 2.05) is 10.2 Å². The fourth-order valence-corrected chi connectivity index (χ4v) is 5.83. The Hall–Kier alpha value is -3.33. The number of rotatable bonds is 6. The number of amides is 1. The number of anilines is 1. The number of carbonyl (C=O) groups excluding carboxylic acids is 1. The number of nitrogens with zero attached hydrogens (tertiary/aromatic N) is 3. The van der Waals surface area contributed by atoms with Gasteiger partial charge in [0, 0.05) is 55.1 Å². The number of carbonyl (C=O) groups is 1. The maximum Gasteiger partial charge on any atom is 0.270 e. The normalized spacial score (nSPS) is 22.0. The second-order valence-electron chi connectivity index (χ2n) is 10.0. The van der Waals surface area contributed by atoms with Crippen LogP contribution in [0.5, 0.6) is 0 Å². The van der Waals surface area contributed by atoms with Crippen LogP contribution in [0.2, 0.25) is 0 Å². The lowest BCUT2D eigenvalue weighted by molar-refractivity contribution is 0.0886. The van der Waals surface area contributed by atoms with E-state index in [-0.39, 0.29) is 5.69 Å². The smallest absolute Gasteiger partial charge is 0.270 e. The highest BCUT2D eigenvalue weighted by Gasteiger charge is 2.34. The third-order valence-electron chi connectivity index (χ3n) is 7.71. The first kappa shape index (κ1) is 25.3. The number of hydrogen-bond acceptors (Lipinski definition) is 5. The number of halogens is 3. The highest BCUT2D eigenvalue weighted by atomic mass is 19.3. The van der Waals surface area contributed by atoms with Crippen LogP contribution in [0.3, 0.4) is 0 Å². The van der Waals surface area contributed by atoms with Crippen LogP contribution >= 0.6 is 0 Å². The lowest BCUT2D eigenvalue weighted by atomic mass is 9.91. The van der Waals surface area contributed by atoms with Crippen molar-refractivity contribution in [2.75, 3.05) is 37.6 Å². The quantitative estimate of drug-likeness (QED) is 0.562. The molecule has 196 valence electrons. The average Bonchev–Trinajstić information content (AvgIpc) is 3.38. The van der Waals surface area contributed by atoms with Crippen LogP contribution in [0.4, 0.5) is 18.9 Å². The summed E-state index contributed by atoms with van der Waals surface area (Å²) in [6, 6.07) is 9.72. The minimum atomic E-state index is -2.67. The number of benzene rings is 1. The van der Waals surface area contributed by atoms with Crippen molar-refractivity contribution < 1.29 is 18.0 Å². The number of aryl methyl sites for hydroxylation is 1. The van der Waals surface area contributed by atoms with Crippen molar-refractivity contribution >= 4 is 23.4 Å². The van der Waals surface area contributed by atoms with E-state index in [9.17, 15) is 18.0 Å². The van der Waals surface area contributed by atoms with Gasteiger partial charge in [0.1, 0.15) is 5.69 Å². The molecular weight excluding hydrogens is 479 g/mol. The first-order valence-corrected chi connectivity index (χ1v) is 12.8. The molecule has 3 aliphatic rings. The standard InChI is InChI=1S/C28H32F3N5O/c1-17-4-3-5-20-15-23(33-18(2)26(17)20)19-6-7-21(14-19)35-10-12-36(13-11-35)24-9-8-22(34-27(24)31)28(37)32-16-25(29)30/h3-5,8-9,15,19,21,25,33H,2,6-7,10-14,16H2,1H3,(H,32,37)/t19-,21+/m1/s1. The summed E-state index contributed by atoms with van der Waals surface area (Å²) < 4.78 is 39.3. The zero-order valence-corrected chi connectivity index (χ0v) is 20.9. The fraction of sp³-hybridized carbons (Fsp3) is 0.429. The third-order valence-corrected chi connectivity index (χ3v) is 7.71. The van der Waals surface area contributed by atoms with Crippen LogP contribution in [0.25, 0.3) is 11.8 Å². The molecule has 1 aromatic carbocycles. The number of aromatic nitrogens is 1. The summed E-state index contributed by atoms with van der Waals surface area (Å²) in [5.74, 6) is -1.11. The van der Waals surface area contributed by atoms with Gasteiger partial charge in [-0.2, -0.15) is 4.39 Å². The van der Waals surface area contributed by atoms with Gasteiger partial charge in [-0.05, 0) is 55.5 Å². The van der Waals surface area contributed by atoms with Crippen molar-refractivity contribution in [3.63, 3.8) is 0 Å². The largest absolute Gasteiger partial charge is 0.365 e. The van der Waals surface area contributed by atoms with Crippen LogP contribution in [0, 0.1) is 18.8 Å². The van der Waals surface area contributed by atoms with E-state index in [4.69, 9.17) is 0 Å². The average molecular weight is 512 g/mol. The Kier molecular flexibility index (Phi) is 7.24. The maximum atomic E-state index is 14.7. The minimum Gasteiger partial charge on any atom is -0.365 e. The van der Waals surface area contributed by atoms with E-state index >= 15 is 0 Å². The lowest BCUT2D eigenvalue weighted by Crippen LogP contribution is -2.50. The van der Waals surface area contributed by atoms with Gasteiger partial charge in [0.05, 0.1) is 12.2 Å². The molecule has 1 saturated carbocycles. The SMILES string of the molecule is C=C1NC([C@@H]2CC[C@H](N3CCN(c4ccc(C(=O)NCC(F)F)nc4F)CC3)C2)=Cc2cccc(C)c21. The highest BCUT2D eigenvalue weighted by Crippen LogP contribution is 2.38. The van der Waals surface area contributed by atoms with Gasteiger partial charge in [-0.1, -0.05) is 24.8 Å². The zero-order valence-electron chi connectivity index (χ0n) is 20.9. The molecule has 1 amide bonds. The predicted octanol–water partition coefficient (Wildman–Crippen LogP) is 4.43. The number of nitrogens with one attached hydrogen (secondary N) is 2.